The summed E-state index contributed by atoms with van der Waals surface area (Å²) in [5.74, 6) is 1.80. The molecule has 1 amide bonds. The summed E-state index contributed by atoms with van der Waals surface area (Å²) in [4.78, 5) is 12.8. The fourth-order valence-electron chi connectivity index (χ4n) is 3.22. The Kier molecular flexibility index (Phi) is 7.19. The molecule has 1 unspecified atom stereocenters. The summed E-state index contributed by atoms with van der Waals surface area (Å²) in [6, 6.07) is 12.8. The van der Waals surface area contributed by atoms with Crippen molar-refractivity contribution >= 4 is 35.0 Å². The average Bonchev–Trinajstić information content (AvgIpc) is 3.41. The minimum atomic E-state index is -0.412. The van der Waals surface area contributed by atoms with Crippen molar-refractivity contribution in [2.75, 3.05) is 25.8 Å². The van der Waals surface area contributed by atoms with Gasteiger partial charge in [-0.2, -0.15) is 0 Å². The Labute approximate surface area is 195 Å². The molecule has 168 valence electrons. The van der Waals surface area contributed by atoms with E-state index in [2.05, 4.69) is 15.5 Å². The molecule has 32 heavy (non-hydrogen) atoms. The van der Waals surface area contributed by atoms with Crippen LogP contribution in [-0.4, -0.2) is 46.4 Å². The van der Waals surface area contributed by atoms with Gasteiger partial charge in [0.1, 0.15) is 0 Å². The van der Waals surface area contributed by atoms with Crippen molar-refractivity contribution in [1.82, 2.24) is 14.8 Å². The number of nitrogens with one attached hydrogen (secondary N) is 1. The van der Waals surface area contributed by atoms with E-state index in [1.165, 1.54) is 11.8 Å². The summed E-state index contributed by atoms with van der Waals surface area (Å²) in [5, 5.41) is 12.5. The van der Waals surface area contributed by atoms with Crippen molar-refractivity contribution < 1.29 is 19.0 Å². The van der Waals surface area contributed by atoms with Crippen LogP contribution in [0.3, 0.4) is 0 Å². The molecule has 1 aliphatic rings. The molecule has 0 aliphatic carbocycles. The number of carbonyl (C=O) groups is 1. The van der Waals surface area contributed by atoms with Crippen LogP contribution in [0.15, 0.2) is 47.6 Å². The number of halogens is 1. The van der Waals surface area contributed by atoms with Crippen molar-refractivity contribution in [1.29, 1.82) is 0 Å². The molecule has 1 aromatic heterocycles. The molecule has 0 fully saturated rings. The molecule has 0 spiro atoms. The molecule has 0 saturated heterocycles. The first-order valence-electron chi connectivity index (χ1n) is 10.1. The van der Waals surface area contributed by atoms with E-state index < -0.39 is 5.25 Å². The smallest absolute Gasteiger partial charge is 0.237 e. The van der Waals surface area contributed by atoms with Gasteiger partial charge in [0.15, 0.2) is 22.5 Å². The van der Waals surface area contributed by atoms with Crippen LogP contribution in [0, 0.1) is 0 Å². The zero-order valence-electron chi connectivity index (χ0n) is 17.7. The highest BCUT2D eigenvalue weighted by Gasteiger charge is 2.22. The van der Waals surface area contributed by atoms with E-state index in [1.807, 2.05) is 35.8 Å². The lowest BCUT2D eigenvalue weighted by Gasteiger charge is -2.14. The molecule has 3 aromatic rings. The molecule has 0 bridgehead atoms. The number of thioether (sulfide) groups is 1. The summed E-state index contributed by atoms with van der Waals surface area (Å²) in [6.07, 6.45) is 0.775. The predicted molar refractivity (Wildman–Crippen MR) is 123 cm³/mol. The molecule has 10 heteroatoms. The van der Waals surface area contributed by atoms with Crippen LogP contribution in [-0.2, 0) is 16.1 Å². The normalized spacial score (nSPS) is 13.2. The van der Waals surface area contributed by atoms with E-state index >= 15 is 0 Å². The minimum Gasteiger partial charge on any atom is -0.454 e. The van der Waals surface area contributed by atoms with Gasteiger partial charge in [-0.3, -0.25) is 4.79 Å². The Morgan fingerprint density at radius 3 is 2.88 bits per heavy atom. The third-order valence-corrected chi connectivity index (χ3v) is 6.26. The van der Waals surface area contributed by atoms with Gasteiger partial charge in [-0.1, -0.05) is 35.5 Å². The quantitative estimate of drug-likeness (QED) is 0.361. The maximum Gasteiger partial charge on any atom is 0.237 e. The maximum absolute atomic E-state index is 12.8. The lowest BCUT2D eigenvalue weighted by Crippen LogP contribution is -2.23. The third kappa shape index (κ3) is 5.01. The highest BCUT2D eigenvalue weighted by molar-refractivity contribution is 8.00. The SMILES string of the molecule is COCCCn1c(SC(C)C(=O)Nc2ccc3c(c2)OCO3)nnc1-c1ccccc1Cl. The Hall–Kier alpha value is -2.75. The molecular formula is C22H23ClN4O4S. The Balaban J connectivity index is 1.51. The first-order valence-corrected chi connectivity index (χ1v) is 11.4. The van der Waals surface area contributed by atoms with Crippen molar-refractivity contribution in [3.05, 3.63) is 47.5 Å². The zero-order valence-corrected chi connectivity index (χ0v) is 19.3. The van der Waals surface area contributed by atoms with Gasteiger partial charge >= 0.3 is 0 Å². The standard InChI is InChI=1S/C22H23ClN4O4S/c1-14(21(28)24-15-8-9-18-19(12-15)31-13-30-18)32-22-26-25-20(27(22)10-5-11-29-2)16-6-3-4-7-17(16)23/h3-4,6-9,12,14H,5,10-11,13H2,1-2H3,(H,24,28). The van der Waals surface area contributed by atoms with Crippen LogP contribution in [0.25, 0.3) is 11.4 Å². The van der Waals surface area contributed by atoms with Crippen molar-refractivity contribution in [3.63, 3.8) is 0 Å². The number of fused-ring (bicyclic) bond motifs is 1. The van der Waals surface area contributed by atoms with E-state index in [9.17, 15) is 4.79 Å². The number of nitrogens with zero attached hydrogens (tertiary/aromatic N) is 3. The summed E-state index contributed by atoms with van der Waals surface area (Å²) in [7, 11) is 1.67. The molecule has 1 atom stereocenters. The zero-order chi connectivity index (χ0) is 22.5. The molecule has 0 radical (unpaired) electrons. The van der Waals surface area contributed by atoms with Gasteiger partial charge < -0.3 is 24.1 Å². The van der Waals surface area contributed by atoms with Crippen LogP contribution in [0.4, 0.5) is 5.69 Å². The number of rotatable bonds is 9. The Morgan fingerprint density at radius 2 is 2.06 bits per heavy atom. The highest BCUT2D eigenvalue weighted by Crippen LogP contribution is 2.35. The second-order valence-electron chi connectivity index (χ2n) is 7.10. The minimum absolute atomic E-state index is 0.153. The van der Waals surface area contributed by atoms with E-state index in [0.29, 0.717) is 46.3 Å². The van der Waals surface area contributed by atoms with Crippen molar-refractivity contribution in [2.45, 2.75) is 30.3 Å². The van der Waals surface area contributed by atoms with Crippen molar-refractivity contribution in [2.24, 2.45) is 0 Å². The first kappa shape index (κ1) is 22.4. The number of carbonyl (C=O) groups excluding carboxylic acids is 1. The van der Waals surface area contributed by atoms with Gasteiger partial charge in [0.05, 0.1) is 10.3 Å². The van der Waals surface area contributed by atoms with E-state index in [4.69, 9.17) is 25.8 Å². The maximum atomic E-state index is 12.8. The number of hydrogen-bond acceptors (Lipinski definition) is 7. The molecule has 2 heterocycles. The average molecular weight is 475 g/mol. The third-order valence-electron chi connectivity index (χ3n) is 4.85. The van der Waals surface area contributed by atoms with E-state index in [0.717, 1.165) is 12.0 Å². The molecule has 1 aliphatic heterocycles. The fourth-order valence-corrected chi connectivity index (χ4v) is 4.31. The van der Waals surface area contributed by atoms with Crippen LogP contribution in [0.1, 0.15) is 13.3 Å². The molecule has 8 nitrogen and oxygen atoms in total. The predicted octanol–water partition coefficient (Wildman–Crippen LogP) is 4.48. The fraction of sp³-hybridized carbons (Fsp3) is 0.318. The van der Waals surface area contributed by atoms with Gasteiger partial charge in [-0.25, -0.2) is 0 Å². The number of ether oxygens (including phenoxy) is 3. The first-order chi connectivity index (χ1) is 15.6. The van der Waals surface area contributed by atoms with Crippen LogP contribution in [0.2, 0.25) is 5.02 Å². The summed E-state index contributed by atoms with van der Waals surface area (Å²) >= 11 is 7.73. The van der Waals surface area contributed by atoms with Gasteiger partial charge in [0.2, 0.25) is 12.7 Å². The van der Waals surface area contributed by atoms with Crippen LogP contribution >= 0.6 is 23.4 Å². The highest BCUT2D eigenvalue weighted by atomic mass is 35.5. The van der Waals surface area contributed by atoms with Crippen molar-refractivity contribution in [3.8, 4) is 22.9 Å². The molecule has 0 saturated carbocycles. The number of benzene rings is 2. The topological polar surface area (TPSA) is 87.5 Å². The molecular weight excluding hydrogens is 452 g/mol. The number of hydrogen-bond donors (Lipinski definition) is 1. The van der Waals surface area contributed by atoms with Crippen LogP contribution in [0.5, 0.6) is 11.5 Å². The lowest BCUT2D eigenvalue weighted by molar-refractivity contribution is -0.115. The largest absolute Gasteiger partial charge is 0.454 e. The summed E-state index contributed by atoms with van der Waals surface area (Å²) in [5.41, 5.74) is 1.44. The van der Waals surface area contributed by atoms with Gasteiger partial charge in [0, 0.05) is 37.6 Å². The lowest BCUT2D eigenvalue weighted by atomic mass is 10.2. The van der Waals surface area contributed by atoms with Gasteiger partial charge in [-0.05, 0) is 37.6 Å². The van der Waals surface area contributed by atoms with Gasteiger partial charge in [-0.15, -0.1) is 10.2 Å². The second-order valence-corrected chi connectivity index (χ2v) is 8.82. The van der Waals surface area contributed by atoms with E-state index in [-0.39, 0.29) is 12.7 Å². The van der Waals surface area contributed by atoms with Gasteiger partial charge in [0.25, 0.3) is 0 Å². The second kappa shape index (κ2) is 10.2. The number of methoxy groups -OCH3 is 1. The number of aromatic nitrogens is 3. The molecule has 1 N–H and O–H groups in total. The Bertz CT molecular complexity index is 1110. The van der Waals surface area contributed by atoms with E-state index in [1.54, 1.807) is 25.3 Å². The van der Waals surface area contributed by atoms with Crippen LogP contribution < -0.4 is 14.8 Å². The monoisotopic (exact) mass is 474 g/mol. The summed E-state index contributed by atoms with van der Waals surface area (Å²) < 4.78 is 17.9. The summed E-state index contributed by atoms with van der Waals surface area (Å²) in [6.45, 7) is 3.26. The molecule has 4 rings (SSSR count). The Morgan fingerprint density at radius 1 is 1.25 bits per heavy atom. The number of amides is 1. The molecule has 2 aromatic carbocycles. The number of anilines is 1.